The fraction of sp³-hybridized carbons (Fsp3) is 0.714. The van der Waals surface area contributed by atoms with Crippen molar-refractivity contribution in [3.8, 4) is 0 Å². The minimum Gasteiger partial charge on any atom is -0.368 e. The summed E-state index contributed by atoms with van der Waals surface area (Å²) in [4.78, 5) is 11.3. The van der Waals surface area contributed by atoms with E-state index in [1.165, 1.54) is 12.8 Å². The third-order valence-electron chi connectivity index (χ3n) is 3.44. The predicted octanol–water partition coefficient (Wildman–Crippen LogP) is 1.79. The van der Waals surface area contributed by atoms with Crippen molar-refractivity contribution in [1.29, 1.82) is 0 Å². The Balaban J connectivity index is 2.15. The minimum atomic E-state index is 0.379. The van der Waals surface area contributed by atoms with Crippen LogP contribution in [0.25, 0.3) is 0 Å². The molecular formula is C14H25N5. The highest BCUT2D eigenvalue weighted by molar-refractivity contribution is 5.50. The average molecular weight is 263 g/mol. The van der Waals surface area contributed by atoms with Gasteiger partial charge in [-0.1, -0.05) is 0 Å². The van der Waals surface area contributed by atoms with Gasteiger partial charge in [0.25, 0.3) is 0 Å². The third kappa shape index (κ3) is 3.80. The van der Waals surface area contributed by atoms with Crippen LogP contribution in [0.2, 0.25) is 0 Å². The molecule has 0 saturated carbocycles. The molecular weight excluding hydrogens is 238 g/mol. The van der Waals surface area contributed by atoms with Gasteiger partial charge in [0.1, 0.15) is 17.5 Å². The lowest BCUT2D eigenvalue weighted by atomic mass is 10.1. The molecule has 0 amide bonds. The van der Waals surface area contributed by atoms with Gasteiger partial charge in [-0.2, -0.15) is 0 Å². The van der Waals surface area contributed by atoms with E-state index >= 15 is 0 Å². The number of aryl methyl sites for hydroxylation is 1. The second kappa shape index (κ2) is 6.19. The molecule has 1 fully saturated rings. The van der Waals surface area contributed by atoms with E-state index in [1.807, 2.05) is 13.0 Å². The van der Waals surface area contributed by atoms with Crippen molar-refractivity contribution in [1.82, 2.24) is 15.3 Å². The van der Waals surface area contributed by atoms with Gasteiger partial charge in [-0.25, -0.2) is 9.97 Å². The van der Waals surface area contributed by atoms with Crippen molar-refractivity contribution in [2.45, 2.75) is 45.7 Å². The Hall–Kier alpha value is -1.36. The number of rotatable bonds is 4. The maximum Gasteiger partial charge on any atom is 0.134 e. The fourth-order valence-corrected chi connectivity index (χ4v) is 2.45. The van der Waals surface area contributed by atoms with Gasteiger partial charge in [0, 0.05) is 31.7 Å². The van der Waals surface area contributed by atoms with Crippen LogP contribution < -0.4 is 15.5 Å². The molecule has 0 bridgehead atoms. The van der Waals surface area contributed by atoms with Crippen LogP contribution in [0.3, 0.4) is 0 Å². The van der Waals surface area contributed by atoms with Crippen LogP contribution >= 0.6 is 0 Å². The second-order valence-electron chi connectivity index (χ2n) is 5.57. The van der Waals surface area contributed by atoms with Gasteiger partial charge in [0.15, 0.2) is 0 Å². The number of hydrogen-bond acceptors (Lipinski definition) is 5. The number of likely N-dealkylation sites (N-methyl/N-ethyl adjacent to an activating group) is 1. The lowest BCUT2D eigenvalue weighted by Gasteiger charge is -2.32. The van der Waals surface area contributed by atoms with Crippen molar-refractivity contribution in [3.63, 3.8) is 0 Å². The number of nitrogens with one attached hydrogen (secondary N) is 2. The summed E-state index contributed by atoms with van der Waals surface area (Å²) in [5.74, 6) is 2.73. The van der Waals surface area contributed by atoms with Gasteiger partial charge < -0.3 is 15.5 Å². The maximum atomic E-state index is 4.56. The highest BCUT2D eigenvalue weighted by Gasteiger charge is 2.19. The van der Waals surface area contributed by atoms with Crippen LogP contribution in [-0.4, -0.2) is 42.2 Å². The summed E-state index contributed by atoms with van der Waals surface area (Å²) in [6.07, 6.45) is 2.45. The smallest absolute Gasteiger partial charge is 0.134 e. The lowest BCUT2D eigenvalue weighted by molar-refractivity contribution is 0.443. The molecule has 5 heteroatoms. The Morgan fingerprint density at radius 2 is 2.21 bits per heavy atom. The van der Waals surface area contributed by atoms with Crippen molar-refractivity contribution in [2.75, 3.05) is 30.4 Å². The van der Waals surface area contributed by atoms with Crippen LogP contribution in [-0.2, 0) is 0 Å². The van der Waals surface area contributed by atoms with Gasteiger partial charge in [0.05, 0.1) is 0 Å². The molecule has 1 unspecified atom stereocenters. The first kappa shape index (κ1) is 14.1. The van der Waals surface area contributed by atoms with Crippen molar-refractivity contribution in [2.24, 2.45) is 0 Å². The zero-order valence-electron chi connectivity index (χ0n) is 12.4. The predicted molar refractivity (Wildman–Crippen MR) is 79.8 cm³/mol. The van der Waals surface area contributed by atoms with Crippen molar-refractivity contribution in [3.05, 3.63) is 11.9 Å². The van der Waals surface area contributed by atoms with E-state index in [4.69, 9.17) is 0 Å². The SMILES string of the molecule is Cc1nc(NC(C)C)cc(N(C)C2CCCNC2)n1. The highest BCUT2D eigenvalue weighted by atomic mass is 15.2. The van der Waals surface area contributed by atoms with E-state index in [0.29, 0.717) is 12.1 Å². The standard InChI is InChI=1S/C14H25N5/c1-10(2)16-13-8-14(18-11(3)17-13)19(4)12-6-5-7-15-9-12/h8,10,12,15H,5-7,9H2,1-4H3,(H,16,17,18). The second-order valence-corrected chi connectivity index (χ2v) is 5.57. The molecule has 19 heavy (non-hydrogen) atoms. The van der Waals surface area contributed by atoms with Gasteiger partial charge >= 0.3 is 0 Å². The molecule has 2 heterocycles. The summed E-state index contributed by atoms with van der Waals surface area (Å²) in [6.45, 7) is 8.35. The average Bonchev–Trinajstić information content (AvgIpc) is 2.37. The number of hydrogen-bond donors (Lipinski definition) is 2. The van der Waals surface area contributed by atoms with Gasteiger partial charge in [-0.3, -0.25) is 0 Å². The molecule has 1 atom stereocenters. The number of piperidine rings is 1. The molecule has 0 radical (unpaired) electrons. The number of anilines is 2. The third-order valence-corrected chi connectivity index (χ3v) is 3.44. The summed E-state index contributed by atoms with van der Waals surface area (Å²) < 4.78 is 0. The van der Waals surface area contributed by atoms with Crippen LogP contribution in [0.15, 0.2) is 6.07 Å². The summed E-state index contributed by atoms with van der Waals surface area (Å²) in [6, 6.07) is 2.94. The number of nitrogens with zero attached hydrogens (tertiary/aromatic N) is 3. The normalized spacial score (nSPS) is 19.5. The molecule has 5 nitrogen and oxygen atoms in total. The summed E-state index contributed by atoms with van der Waals surface area (Å²) in [7, 11) is 2.12. The largest absolute Gasteiger partial charge is 0.368 e. The van der Waals surface area contributed by atoms with Crippen LogP contribution in [0.1, 0.15) is 32.5 Å². The van der Waals surface area contributed by atoms with E-state index < -0.39 is 0 Å². The zero-order chi connectivity index (χ0) is 13.8. The van der Waals surface area contributed by atoms with E-state index in [2.05, 4.69) is 46.4 Å². The lowest BCUT2D eigenvalue weighted by Crippen LogP contribution is -2.44. The Kier molecular flexibility index (Phi) is 4.58. The molecule has 0 spiro atoms. The van der Waals surface area contributed by atoms with E-state index in [9.17, 15) is 0 Å². The molecule has 1 aromatic rings. The van der Waals surface area contributed by atoms with Crippen LogP contribution in [0, 0.1) is 6.92 Å². The minimum absolute atomic E-state index is 0.379. The van der Waals surface area contributed by atoms with Crippen molar-refractivity contribution < 1.29 is 0 Å². The first-order valence-corrected chi connectivity index (χ1v) is 7.12. The van der Waals surface area contributed by atoms with Crippen molar-refractivity contribution >= 4 is 11.6 Å². The molecule has 0 aliphatic carbocycles. The zero-order valence-corrected chi connectivity index (χ0v) is 12.4. The molecule has 1 aromatic heterocycles. The number of aromatic nitrogens is 2. The van der Waals surface area contributed by atoms with Gasteiger partial charge in [0.2, 0.25) is 0 Å². The summed E-state index contributed by atoms with van der Waals surface area (Å²) >= 11 is 0. The van der Waals surface area contributed by atoms with Crippen LogP contribution in [0.5, 0.6) is 0 Å². The first-order valence-electron chi connectivity index (χ1n) is 7.12. The molecule has 0 aromatic carbocycles. The molecule has 1 aliphatic rings. The summed E-state index contributed by atoms with van der Waals surface area (Å²) in [5, 5.41) is 6.80. The Labute approximate surface area is 115 Å². The molecule has 2 rings (SSSR count). The molecule has 106 valence electrons. The maximum absolute atomic E-state index is 4.56. The van der Waals surface area contributed by atoms with Gasteiger partial charge in [-0.15, -0.1) is 0 Å². The molecule has 1 aliphatic heterocycles. The highest BCUT2D eigenvalue weighted by Crippen LogP contribution is 2.20. The van der Waals surface area contributed by atoms with Gasteiger partial charge in [-0.05, 0) is 40.2 Å². The Morgan fingerprint density at radius 1 is 1.42 bits per heavy atom. The topological polar surface area (TPSA) is 53.1 Å². The molecule has 1 saturated heterocycles. The Morgan fingerprint density at radius 3 is 2.84 bits per heavy atom. The monoisotopic (exact) mass is 263 g/mol. The Bertz CT molecular complexity index is 412. The first-order chi connectivity index (χ1) is 9.06. The van der Waals surface area contributed by atoms with E-state index in [1.54, 1.807) is 0 Å². The summed E-state index contributed by atoms with van der Waals surface area (Å²) in [5.41, 5.74) is 0. The molecule has 2 N–H and O–H groups in total. The van der Waals surface area contributed by atoms with E-state index in [0.717, 1.165) is 30.5 Å². The fourth-order valence-electron chi connectivity index (χ4n) is 2.45. The quantitative estimate of drug-likeness (QED) is 0.867. The van der Waals surface area contributed by atoms with E-state index in [-0.39, 0.29) is 0 Å². The van der Waals surface area contributed by atoms with Crippen LogP contribution in [0.4, 0.5) is 11.6 Å².